The highest BCUT2D eigenvalue weighted by Crippen LogP contribution is 2.23. The maximum absolute atomic E-state index is 13.1. The molecule has 3 aromatic heterocycles. The number of nitrogen functional groups attached to an aromatic ring is 1. The summed E-state index contributed by atoms with van der Waals surface area (Å²) in [4.78, 5) is 26.5. The molecule has 0 saturated carbocycles. The third-order valence-electron chi connectivity index (χ3n) is 5.80. The van der Waals surface area contributed by atoms with E-state index in [1.54, 1.807) is 32.2 Å². The first-order valence-electron chi connectivity index (χ1n) is 11.3. The Labute approximate surface area is 209 Å². The number of aryl methyl sites for hydroxylation is 2. The number of hydrogen-bond acceptors (Lipinski definition) is 6. The van der Waals surface area contributed by atoms with Crippen LogP contribution >= 0.6 is 11.6 Å². The molecule has 1 amide bonds. The number of anilines is 1. The van der Waals surface area contributed by atoms with Crippen LogP contribution in [0.15, 0.2) is 48.7 Å². The van der Waals surface area contributed by atoms with Gasteiger partial charge in [0.15, 0.2) is 0 Å². The van der Waals surface area contributed by atoms with Gasteiger partial charge in [0, 0.05) is 29.3 Å². The molecule has 1 aromatic carbocycles. The fourth-order valence-electron chi connectivity index (χ4n) is 3.88. The van der Waals surface area contributed by atoms with Gasteiger partial charge in [0.1, 0.15) is 5.60 Å². The van der Waals surface area contributed by atoms with Crippen LogP contribution in [0.1, 0.15) is 58.1 Å². The number of nitrogens with zero attached hydrogens (tertiary/aromatic N) is 3. The van der Waals surface area contributed by atoms with E-state index in [9.17, 15) is 9.90 Å². The van der Waals surface area contributed by atoms with Gasteiger partial charge in [-0.3, -0.25) is 19.7 Å². The number of aromatic nitrogens is 3. The number of benzene rings is 1. The molecule has 0 aliphatic heterocycles. The van der Waals surface area contributed by atoms with E-state index in [1.165, 1.54) is 0 Å². The lowest BCUT2D eigenvalue weighted by Gasteiger charge is -2.19. The zero-order valence-electron chi connectivity index (χ0n) is 20.2. The highest BCUT2D eigenvalue weighted by Gasteiger charge is 2.21. The normalized spacial score (nSPS) is 11.6. The molecule has 0 spiro atoms. The Morgan fingerprint density at radius 2 is 1.86 bits per heavy atom. The molecule has 7 nitrogen and oxygen atoms in total. The van der Waals surface area contributed by atoms with Crippen LogP contribution in [0.3, 0.4) is 0 Å². The van der Waals surface area contributed by atoms with Gasteiger partial charge in [-0.2, -0.15) is 0 Å². The van der Waals surface area contributed by atoms with E-state index in [0.717, 1.165) is 33.4 Å². The summed E-state index contributed by atoms with van der Waals surface area (Å²) in [5, 5.41) is 15.0. The van der Waals surface area contributed by atoms with Crippen LogP contribution in [0.4, 0.5) is 5.69 Å². The van der Waals surface area contributed by atoms with Crippen LogP contribution in [-0.4, -0.2) is 26.0 Å². The number of carbonyl (C=O) groups excluding carboxylic acids is 1. The number of rotatable bonds is 6. The average Bonchev–Trinajstić information content (AvgIpc) is 2.79. The van der Waals surface area contributed by atoms with Crippen molar-refractivity contribution in [3.63, 3.8) is 0 Å². The van der Waals surface area contributed by atoms with E-state index < -0.39 is 5.60 Å². The van der Waals surface area contributed by atoms with Crippen LogP contribution in [0.2, 0.25) is 5.02 Å². The van der Waals surface area contributed by atoms with Gasteiger partial charge in [-0.25, -0.2) is 0 Å². The Morgan fingerprint density at radius 1 is 1.09 bits per heavy atom. The Bertz CT molecular complexity index is 1410. The summed E-state index contributed by atoms with van der Waals surface area (Å²) in [6.07, 6.45) is 2.09. The molecule has 4 rings (SSSR count). The third-order valence-corrected chi connectivity index (χ3v) is 6.01. The van der Waals surface area contributed by atoms with Crippen LogP contribution in [-0.2, 0) is 18.6 Å². The fraction of sp³-hybridized carbons (Fsp3) is 0.259. The first kappa shape index (κ1) is 24.6. The van der Waals surface area contributed by atoms with Crippen LogP contribution in [0.25, 0.3) is 10.9 Å². The second-order valence-electron chi connectivity index (χ2n) is 9.26. The molecule has 0 bridgehead atoms. The molecule has 0 fully saturated rings. The second-order valence-corrected chi connectivity index (χ2v) is 9.70. The van der Waals surface area contributed by atoms with E-state index in [1.807, 2.05) is 44.2 Å². The lowest BCUT2D eigenvalue weighted by atomic mass is 9.99. The van der Waals surface area contributed by atoms with Crippen LogP contribution in [0, 0.1) is 13.8 Å². The number of amides is 1. The topological polar surface area (TPSA) is 114 Å². The van der Waals surface area contributed by atoms with Crippen molar-refractivity contribution in [2.45, 2.75) is 46.3 Å². The van der Waals surface area contributed by atoms with Crippen molar-refractivity contribution in [3.8, 4) is 0 Å². The molecule has 4 N–H and O–H groups in total. The molecule has 0 aliphatic carbocycles. The zero-order valence-corrected chi connectivity index (χ0v) is 20.9. The largest absolute Gasteiger partial charge is 0.397 e. The maximum Gasteiger partial charge on any atom is 0.251 e. The number of nitrogens with one attached hydrogen (secondary N) is 1. The summed E-state index contributed by atoms with van der Waals surface area (Å²) in [5.41, 5.74) is 11.1. The highest BCUT2D eigenvalue weighted by molar-refractivity contribution is 6.31. The van der Waals surface area contributed by atoms with E-state index in [2.05, 4.69) is 20.3 Å². The number of pyridine rings is 3. The van der Waals surface area contributed by atoms with E-state index in [4.69, 9.17) is 17.3 Å². The monoisotopic (exact) mass is 489 g/mol. The first-order chi connectivity index (χ1) is 16.5. The van der Waals surface area contributed by atoms with E-state index in [-0.39, 0.29) is 12.5 Å². The summed E-state index contributed by atoms with van der Waals surface area (Å²) in [6.45, 7) is 7.31. The van der Waals surface area contributed by atoms with Gasteiger partial charge >= 0.3 is 0 Å². The molecule has 4 aromatic rings. The van der Waals surface area contributed by atoms with Gasteiger partial charge in [-0.15, -0.1) is 0 Å². The molecule has 0 aliphatic rings. The fourth-order valence-corrected chi connectivity index (χ4v) is 4.05. The molecule has 0 unspecified atom stereocenters. The first-order valence-corrected chi connectivity index (χ1v) is 11.7. The number of nitrogens with two attached hydrogens (primary N) is 1. The van der Waals surface area contributed by atoms with E-state index in [0.29, 0.717) is 34.1 Å². The second kappa shape index (κ2) is 9.60. The molecule has 3 heterocycles. The number of halogens is 1. The van der Waals surface area contributed by atoms with Crippen molar-refractivity contribution >= 4 is 34.1 Å². The number of carbonyl (C=O) groups is 1. The van der Waals surface area contributed by atoms with Crippen LogP contribution in [0.5, 0.6) is 0 Å². The Balaban J connectivity index is 1.61. The number of fused-ring (bicyclic) bond motifs is 1. The third kappa shape index (κ3) is 5.75. The zero-order chi connectivity index (χ0) is 25.3. The minimum atomic E-state index is -1.21. The SMILES string of the molecule is Cc1cc(CNC(=O)c2cc(Cc3ccc4ncc(Cl)cc4c3)nc(C(C)(C)O)c2)nc(C)c1N. The predicted molar refractivity (Wildman–Crippen MR) is 138 cm³/mol. The number of hydrogen-bond donors (Lipinski definition) is 3. The molecule has 8 heteroatoms. The van der Waals surface area contributed by atoms with Crippen molar-refractivity contribution in [2.24, 2.45) is 0 Å². The molecule has 35 heavy (non-hydrogen) atoms. The summed E-state index contributed by atoms with van der Waals surface area (Å²) >= 11 is 6.10. The van der Waals surface area contributed by atoms with Gasteiger partial charge in [0.05, 0.1) is 39.9 Å². The molecular formula is C27H28ClN5O2. The summed E-state index contributed by atoms with van der Waals surface area (Å²) < 4.78 is 0. The van der Waals surface area contributed by atoms with Crippen molar-refractivity contribution in [1.29, 1.82) is 0 Å². The average molecular weight is 490 g/mol. The number of aliphatic hydroxyl groups is 1. The minimum absolute atomic E-state index is 0.259. The predicted octanol–water partition coefficient (Wildman–Crippen LogP) is 4.63. The van der Waals surface area contributed by atoms with E-state index >= 15 is 0 Å². The van der Waals surface area contributed by atoms with Crippen molar-refractivity contribution < 1.29 is 9.90 Å². The van der Waals surface area contributed by atoms with Gasteiger partial charge in [0.2, 0.25) is 0 Å². The van der Waals surface area contributed by atoms with Crippen molar-refractivity contribution in [3.05, 3.63) is 93.2 Å². The summed E-state index contributed by atoms with van der Waals surface area (Å²) in [5.74, 6) is -0.275. The summed E-state index contributed by atoms with van der Waals surface area (Å²) in [6, 6.07) is 13.0. The van der Waals surface area contributed by atoms with Gasteiger partial charge in [-0.05, 0) is 75.2 Å². The van der Waals surface area contributed by atoms with Crippen molar-refractivity contribution in [1.82, 2.24) is 20.3 Å². The van der Waals surface area contributed by atoms with Gasteiger partial charge < -0.3 is 16.2 Å². The van der Waals surface area contributed by atoms with Crippen LogP contribution < -0.4 is 11.1 Å². The maximum atomic E-state index is 13.1. The Morgan fingerprint density at radius 3 is 2.57 bits per heavy atom. The standard InChI is InChI=1S/C27H28ClN5O2/c1-15-7-22(32-16(2)25(15)29)14-31-26(34)19-11-21(33-24(12-19)27(3,4)35)9-17-5-6-23-18(8-17)10-20(28)13-30-23/h5-8,10-13,35H,9,14,29H2,1-4H3,(H,31,34). The quantitative estimate of drug-likeness (QED) is 0.364. The smallest absolute Gasteiger partial charge is 0.251 e. The Hall–Kier alpha value is -3.55. The minimum Gasteiger partial charge on any atom is -0.397 e. The Kier molecular flexibility index (Phi) is 6.74. The van der Waals surface area contributed by atoms with Crippen molar-refractivity contribution in [2.75, 3.05) is 5.73 Å². The lowest BCUT2D eigenvalue weighted by Crippen LogP contribution is -2.26. The molecule has 0 saturated heterocycles. The molecular weight excluding hydrogens is 462 g/mol. The van der Waals surface area contributed by atoms with Gasteiger partial charge in [-0.1, -0.05) is 17.7 Å². The molecule has 0 atom stereocenters. The van der Waals surface area contributed by atoms with Gasteiger partial charge in [0.25, 0.3) is 5.91 Å². The molecule has 0 radical (unpaired) electrons. The lowest BCUT2D eigenvalue weighted by molar-refractivity contribution is 0.0734. The highest BCUT2D eigenvalue weighted by atomic mass is 35.5. The summed E-state index contributed by atoms with van der Waals surface area (Å²) in [7, 11) is 0. The molecule has 180 valence electrons.